The number of amides is 2. The van der Waals surface area contributed by atoms with Crippen LogP contribution in [0.4, 0.5) is 0 Å². The van der Waals surface area contributed by atoms with Crippen molar-refractivity contribution >= 4 is 38.6 Å². The van der Waals surface area contributed by atoms with Crippen LogP contribution in [0, 0.1) is 0 Å². The molecule has 0 saturated carbocycles. The van der Waals surface area contributed by atoms with Crippen molar-refractivity contribution in [2.24, 2.45) is 0 Å². The molecule has 0 bridgehead atoms. The molecule has 2 N–H and O–H groups in total. The smallest absolute Gasteiger partial charge is 0.243 e. The van der Waals surface area contributed by atoms with Crippen molar-refractivity contribution in [3.63, 3.8) is 0 Å². The molecule has 1 saturated heterocycles. The summed E-state index contributed by atoms with van der Waals surface area (Å²) in [7, 11) is 0. The van der Waals surface area contributed by atoms with Gasteiger partial charge in [0.2, 0.25) is 11.8 Å². The molecule has 0 aliphatic carbocycles. The third kappa shape index (κ3) is 3.24. The van der Waals surface area contributed by atoms with Crippen LogP contribution in [0.3, 0.4) is 0 Å². The number of benzene rings is 2. The summed E-state index contributed by atoms with van der Waals surface area (Å²) < 4.78 is 0.985. The Morgan fingerprint density at radius 1 is 1.08 bits per heavy atom. The highest BCUT2D eigenvalue weighted by Crippen LogP contribution is 2.23. The van der Waals surface area contributed by atoms with E-state index in [1.165, 1.54) is 0 Å². The summed E-state index contributed by atoms with van der Waals surface area (Å²) in [4.78, 5) is 30.0. The average Bonchev–Trinajstić information content (AvgIpc) is 3.06. The van der Waals surface area contributed by atoms with Crippen LogP contribution >= 0.6 is 15.9 Å². The van der Waals surface area contributed by atoms with Gasteiger partial charge in [-0.1, -0.05) is 46.3 Å². The van der Waals surface area contributed by atoms with Gasteiger partial charge in [0, 0.05) is 34.5 Å². The molecule has 1 aliphatic heterocycles. The summed E-state index contributed by atoms with van der Waals surface area (Å²) in [5, 5.41) is 3.80. The van der Waals surface area contributed by atoms with Crippen molar-refractivity contribution in [1.82, 2.24) is 15.2 Å². The van der Waals surface area contributed by atoms with Gasteiger partial charge in [0.1, 0.15) is 6.04 Å². The van der Waals surface area contributed by atoms with Gasteiger partial charge in [-0.15, -0.1) is 0 Å². The largest absolute Gasteiger partial charge is 0.361 e. The Kier molecular flexibility index (Phi) is 4.51. The molecule has 5 nitrogen and oxygen atoms in total. The Morgan fingerprint density at radius 3 is 2.65 bits per heavy atom. The van der Waals surface area contributed by atoms with Crippen LogP contribution in [0.5, 0.6) is 0 Å². The summed E-state index contributed by atoms with van der Waals surface area (Å²) in [5.74, 6) is -0.163. The molecule has 6 heteroatoms. The molecule has 26 heavy (non-hydrogen) atoms. The maximum atomic E-state index is 12.5. The van der Waals surface area contributed by atoms with Gasteiger partial charge in [-0.2, -0.15) is 0 Å². The Hall–Kier alpha value is -2.60. The van der Waals surface area contributed by atoms with Gasteiger partial charge in [0.25, 0.3) is 0 Å². The quantitative estimate of drug-likeness (QED) is 0.692. The van der Waals surface area contributed by atoms with Crippen LogP contribution in [0.15, 0.2) is 59.2 Å². The Labute approximate surface area is 159 Å². The molecule has 2 heterocycles. The highest BCUT2D eigenvalue weighted by atomic mass is 79.9. The molecule has 0 unspecified atom stereocenters. The Bertz CT molecular complexity index is 965. The van der Waals surface area contributed by atoms with Crippen LogP contribution in [0.1, 0.15) is 11.1 Å². The minimum atomic E-state index is -0.515. The third-order valence-electron chi connectivity index (χ3n) is 4.77. The fourth-order valence-electron chi connectivity index (χ4n) is 3.39. The van der Waals surface area contributed by atoms with Gasteiger partial charge < -0.3 is 15.2 Å². The van der Waals surface area contributed by atoms with Gasteiger partial charge in [0.15, 0.2) is 0 Å². The monoisotopic (exact) mass is 411 g/mol. The molecule has 3 aromatic rings. The number of H-pyrrole nitrogens is 1. The number of carbonyl (C=O) groups is 2. The second-order valence-electron chi connectivity index (χ2n) is 6.45. The SMILES string of the molecule is O=C1NCC(=O)N(Cc2ccc(Br)cc2)[C@H]1Cc1c[nH]c2ccccc12. The topological polar surface area (TPSA) is 65.2 Å². The molecular formula is C20H18BrN3O2. The normalized spacial score (nSPS) is 17.6. The predicted octanol–water partition coefficient (Wildman–Crippen LogP) is 3.00. The fraction of sp³-hybridized carbons (Fsp3) is 0.200. The number of carbonyl (C=O) groups excluding carboxylic acids is 2. The Morgan fingerprint density at radius 2 is 1.85 bits per heavy atom. The summed E-state index contributed by atoms with van der Waals surface area (Å²) >= 11 is 3.42. The molecule has 0 spiro atoms. The predicted molar refractivity (Wildman–Crippen MR) is 103 cm³/mol. The minimum Gasteiger partial charge on any atom is -0.361 e. The first-order valence-electron chi connectivity index (χ1n) is 8.48. The van der Waals surface area contributed by atoms with Gasteiger partial charge in [-0.25, -0.2) is 0 Å². The van der Waals surface area contributed by atoms with Crippen molar-refractivity contribution in [2.75, 3.05) is 6.54 Å². The van der Waals surface area contributed by atoms with E-state index in [1.807, 2.05) is 54.7 Å². The molecular weight excluding hydrogens is 394 g/mol. The zero-order chi connectivity index (χ0) is 18.1. The molecule has 2 amide bonds. The van der Waals surface area contributed by atoms with Gasteiger partial charge in [-0.05, 0) is 29.3 Å². The minimum absolute atomic E-state index is 0.0553. The van der Waals surface area contributed by atoms with E-state index < -0.39 is 6.04 Å². The lowest BCUT2D eigenvalue weighted by molar-refractivity contribution is -0.146. The molecule has 132 valence electrons. The molecule has 1 aromatic heterocycles. The maximum Gasteiger partial charge on any atom is 0.243 e. The van der Waals surface area contributed by atoms with Gasteiger partial charge in [0.05, 0.1) is 6.54 Å². The standard InChI is InChI=1S/C20H18BrN3O2/c21-15-7-5-13(6-8-15)12-24-18(20(26)23-11-19(24)25)9-14-10-22-17-4-2-1-3-16(14)17/h1-8,10,18,22H,9,11-12H2,(H,23,26)/t18-/m0/s1. The zero-order valence-electron chi connectivity index (χ0n) is 14.0. The number of rotatable bonds is 4. The number of nitrogens with zero attached hydrogens (tertiary/aromatic N) is 1. The number of nitrogens with one attached hydrogen (secondary N) is 2. The average molecular weight is 412 g/mol. The summed E-state index contributed by atoms with van der Waals surface area (Å²) in [6.07, 6.45) is 2.41. The summed E-state index contributed by atoms with van der Waals surface area (Å²) in [6.45, 7) is 0.478. The lowest BCUT2D eigenvalue weighted by Gasteiger charge is -2.35. The number of piperazine rings is 1. The van der Waals surface area contributed by atoms with E-state index in [2.05, 4.69) is 26.2 Å². The number of hydrogen-bond donors (Lipinski definition) is 2. The highest BCUT2D eigenvalue weighted by Gasteiger charge is 2.34. The summed E-state index contributed by atoms with van der Waals surface area (Å²) in [5.41, 5.74) is 3.07. The van der Waals surface area contributed by atoms with Gasteiger partial charge >= 0.3 is 0 Å². The van der Waals surface area contributed by atoms with Crippen LogP contribution in [0.25, 0.3) is 10.9 Å². The van der Waals surface area contributed by atoms with Crippen molar-refractivity contribution in [1.29, 1.82) is 0 Å². The van der Waals surface area contributed by atoms with Gasteiger partial charge in [-0.3, -0.25) is 9.59 Å². The van der Waals surface area contributed by atoms with E-state index in [0.717, 1.165) is 26.5 Å². The molecule has 4 rings (SSSR count). The maximum absolute atomic E-state index is 12.5. The Balaban J connectivity index is 1.63. The molecule has 0 radical (unpaired) electrons. The zero-order valence-corrected chi connectivity index (χ0v) is 15.6. The third-order valence-corrected chi connectivity index (χ3v) is 5.30. The van der Waals surface area contributed by atoms with Crippen LogP contribution in [-0.4, -0.2) is 34.3 Å². The van der Waals surface area contributed by atoms with E-state index >= 15 is 0 Å². The molecule has 2 aromatic carbocycles. The number of fused-ring (bicyclic) bond motifs is 1. The van der Waals surface area contributed by atoms with E-state index in [-0.39, 0.29) is 18.4 Å². The first-order chi connectivity index (χ1) is 12.6. The molecule has 1 aliphatic rings. The first-order valence-corrected chi connectivity index (χ1v) is 9.28. The van der Waals surface area contributed by atoms with Crippen molar-refractivity contribution in [2.45, 2.75) is 19.0 Å². The van der Waals surface area contributed by atoms with Crippen LogP contribution < -0.4 is 5.32 Å². The fourth-order valence-corrected chi connectivity index (χ4v) is 3.66. The second-order valence-corrected chi connectivity index (χ2v) is 7.36. The van der Waals surface area contributed by atoms with Crippen molar-refractivity contribution < 1.29 is 9.59 Å². The van der Waals surface area contributed by atoms with Crippen LogP contribution in [-0.2, 0) is 22.6 Å². The van der Waals surface area contributed by atoms with Crippen molar-refractivity contribution in [3.05, 3.63) is 70.3 Å². The lowest BCUT2D eigenvalue weighted by atomic mass is 10.0. The number of para-hydroxylation sites is 1. The molecule has 1 atom stereocenters. The lowest BCUT2D eigenvalue weighted by Crippen LogP contribution is -2.58. The first kappa shape index (κ1) is 16.8. The van der Waals surface area contributed by atoms with E-state index in [0.29, 0.717) is 13.0 Å². The number of aromatic nitrogens is 1. The second kappa shape index (κ2) is 6.96. The number of aromatic amines is 1. The molecule has 1 fully saturated rings. The summed E-state index contributed by atoms with van der Waals surface area (Å²) in [6, 6.07) is 15.3. The van der Waals surface area contributed by atoms with E-state index in [9.17, 15) is 9.59 Å². The number of halogens is 1. The van der Waals surface area contributed by atoms with Crippen LogP contribution in [0.2, 0.25) is 0 Å². The number of hydrogen-bond acceptors (Lipinski definition) is 2. The highest BCUT2D eigenvalue weighted by molar-refractivity contribution is 9.10. The van der Waals surface area contributed by atoms with Crippen molar-refractivity contribution in [3.8, 4) is 0 Å². The van der Waals surface area contributed by atoms with E-state index in [1.54, 1.807) is 4.90 Å². The van der Waals surface area contributed by atoms with E-state index in [4.69, 9.17) is 0 Å².